The zero-order valence-corrected chi connectivity index (χ0v) is 12.6. The Bertz CT molecular complexity index is 783. The second-order valence-corrected chi connectivity index (χ2v) is 4.95. The summed E-state index contributed by atoms with van der Waals surface area (Å²) < 4.78 is 5.05. The van der Waals surface area contributed by atoms with Gasteiger partial charge in [0.2, 0.25) is 0 Å². The van der Waals surface area contributed by atoms with Gasteiger partial charge in [0.25, 0.3) is 0 Å². The minimum Gasteiger partial charge on any atom is -0.504 e. The lowest BCUT2D eigenvalue weighted by atomic mass is 10.1. The Labute approximate surface area is 138 Å². The standard InChI is InChI=1S/C18H15NO5/c19-11-14(8-13-9-15(20)17(22)16(21)10-13)18(23)24-7-6-12-4-2-1-3-5-12/h1-5,8-10,20-22H,6-7H2/b14-8+. The quantitative estimate of drug-likeness (QED) is 0.337. The Hall–Kier alpha value is -3.46. The maximum atomic E-state index is 11.9. The number of phenolic OH excluding ortho intramolecular Hbond substituents is 3. The van der Waals surface area contributed by atoms with Crippen molar-refractivity contribution in [3.63, 3.8) is 0 Å². The smallest absolute Gasteiger partial charge is 0.348 e. The van der Waals surface area contributed by atoms with Crippen LogP contribution in [0.15, 0.2) is 48.0 Å². The van der Waals surface area contributed by atoms with Crippen LogP contribution in [0.25, 0.3) is 6.08 Å². The van der Waals surface area contributed by atoms with E-state index in [1.54, 1.807) is 6.07 Å². The highest BCUT2D eigenvalue weighted by molar-refractivity contribution is 5.98. The summed E-state index contributed by atoms with van der Waals surface area (Å²) in [5, 5.41) is 37.2. The van der Waals surface area contributed by atoms with Crippen LogP contribution in [0.1, 0.15) is 11.1 Å². The summed E-state index contributed by atoms with van der Waals surface area (Å²) in [6, 6.07) is 13.4. The van der Waals surface area contributed by atoms with Crippen molar-refractivity contribution in [2.45, 2.75) is 6.42 Å². The van der Waals surface area contributed by atoms with Crippen LogP contribution in [0.3, 0.4) is 0 Å². The Balaban J connectivity index is 2.05. The van der Waals surface area contributed by atoms with E-state index in [4.69, 9.17) is 10.00 Å². The maximum Gasteiger partial charge on any atom is 0.348 e. The number of nitriles is 1. The van der Waals surface area contributed by atoms with Gasteiger partial charge in [-0.3, -0.25) is 0 Å². The van der Waals surface area contributed by atoms with Crippen molar-refractivity contribution in [3.8, 4) is 23.3 Å². The SMILES string of the molecule is N#C/C(=C\c1cc(O)c(O)c(O)c1)C(=O)OCCc1ccccc1. The molecule has 0 atom stereocenters. The largest absolute Gasteiger partial charge is 0.504 e. The lowest BCUT2D eigenvalue weighted by Gasteiger charge is -2.05. The summed E-state index contributed by atoms with van der Waals surface area (Å²) >= 11 is 0. The van der Waals surface area contributed by atoms with Crippen LogP contribution in [0.4, 0.5) is 0 Å². The number of nitrogens with zero attached hydrogens (tertiary/aromatic N) is 1. The highest BCUT2D eigenvalue weighted by Crippen LogP contribution is 2.35. The molecular formula is C18H15NO5. The third kappa shape index (κ3) is 4.27. The first kappa shape index (κ1) is 16.9. The second kappa shape index (κ2) is 7.70. The summed E-state index contributed by atoms with van der Waals surface area (Å²) in [7, 11) is 0. The number of benzene rings is 2. The van der Waals surface area contributed by atoms with Crippen LogP contribution in [0.5, 0.6) is 17.2 Å². The fraction of sp³-hybridized carbons (Fsp3) is 0.111. The van der Waals surface area contributed by atoms with Crippen molar-refractivity contribution < 1.29 is 24.9 Å². The van der Waals surface area contributed by atoms with Gasteiger partial charge in [-0.05, 0) is 29.3 Å². The molecule has 3 N–H and O–H groups in total. The van der Waals surface area contributed by atoms with Gasteiger partial charge < -0.3 is 20.1 Å². The van der Waals surface area contributed by atoms with Crippen molar-refractivity contribution >= 4 is 12.0 Å². The number of hydrogen-bond acceptors (Lipinski definition) is 6. The maximum absolute atomic E-state index is 11.9. The molecule has 2 rings (SSSR count). The van der Waals surface area contributed by atoms with E-state index in [2.05, 4.69) is 0 Å². The molecule has 2 aromatic carbocycles. The van der Waals surface area contributed by atoms with Crippen molar-refractivity contribution in [1.29, 1.82) is 5.26 Å². The number of esters is 1. The second-order valence-electron chi connectivity index (χ2n) is 4.95. The van der Waals surface area contributed by atoms with E-state index < -0.39 is 23.2 Å². The highest BCUT2D eigenvalue weighted by Gasteiger charge is 2.13. The van der Waals surface area contributed by atoms with Crippen molar-refractivity contribution in [1.82, 2.24) is 0 Å². The van der Waals surface area contributed by atoms with Gasteiger partial charge >= 0.3 is 5.97 Å². The number of carbonyl (C=O) groups is 1. The summed E-state index contributed by atoms with van der Waals surface area (Å²) in [5.41, 5.74) is 0.896. The zero-order chi connectivity index (χ0) is 17.5. The van der Waals surface area contributed by atoms with Crippen LogP contribution in [0, 0.1) is 11.3 Å². The fourth-order valence-electron chi connectivity index (χ4n) is 2.00. The van der Waals surface area contributed by atoms with Crippen LogP contribution in [0.2, 0.25) is 0 Å². The minimum absolute atomic E-state index is 0.119. The van der Waals surface area contributed by atoms with Gasteiger partial charge in [0.15, 0.2) is 17.2 Å². The summed E-state index contributed by atoms with van der Waals surface area (Å²) in [4.78, 5) is 11.9. The van der Waals surface area contributed by atoms with Gasteiger partial charge in [-0.2, -0.15) is 5.26 Å². The Morgan fingerprint density at radius 1 is 1.12 bits per heavy atom. The first-order chi connectivity index (χ1) is 11.5. The van der Waals surface area contributed by atoms with E-state index in [9.17, 15) is 20.1 Å². The number of aromatic hydroxyl groups is 3. The molecule has 0 radical (unpaired) electrons. The molecule has 6 heteroatoms. The molecule has 2 aromatic rings. The van der Waals surface area contributed by atoms with E-state index in [0.29, 0.717) is 6.42 Å². The summed E-state index contributed by atoms with van der Waals surface area (Å²) in [6.07, 6.45) is 1.68. The fourth-order valence-corrected chi connectivity index (χ4v) is 2.00. The van der Waals surface area contributed by atoms with Gasteiger partial charge in [-0.1, -0.05) is 30.3 Å². The van der Waals surface area contributed by atoms with Crippen LogP contribution in [-0.2, 0) is 16.0 Å². The molecule has 0 saturated carbocycles. The van der Waals surface area contributed by atoms with Crippen LogP contribution in [-0.4, -0.2) is 27.9 Å². The molecule has 0 bridgehead atoms. The first-order valence-corrected chi connectivity index (χ1v) is 7.09. The first-order valence-electron chi connectivity index (χ1n) is 7.09. The molecule has 0 aliphatic heterocycles. The molecule has 0 saturated heterocycles. The Morgan fingerprint density at radius 3 is 2.33 bits per heavy atom. The molecule has 6 nitrogen and oxygen atoms in total. The van der Waals surface area contributed by atoms with Crippen LogP contribution < -0.4 is 0 Å². The topological polar surface area (TPSA) is 111 Å². The molecule has 0 spiro atoms. The van der Waals surface area contributed by atoms with Gasteiger partial charge in [0.05, 0.1) is 6.61 Å². The predicted molar refractivity (Wildman–Crippen MR) is 86.1 cm³/mol. The van der Waals surface area contributed by atoms with Gasteiger partial charge in [-0.25, -0.2) is 4.79 Å². The number of carbonyl (C=O) groups excluding carboxylic acids is 1. The van der Waals surface area contributed by atoms with Crippen molar-refractivity contribution in [2.75, 3.05) is 6.61 Å². The van der Waals surface area contributed by atoms with E-state index in [0.717, 1.165) is 23.8 Å². The molecule has 24 heavy (non-hydrogen) atoms. The molecule has 0 heterocycles. The predicted octanol–water partition coefficient (Wildman–Crippen LogP) is 2.50. The van der Waals surface area contributed by atoms with E-state index in [1.807, 2.05) is 30.3 Å². The van der Waals surface area contributed by atoms with Gasteiger partial charge in [-0.15, -0.1) is 0 Å². The molecule has 122 valence electrons. The van der Waals surface area contributed by atoms with Gasteiger partial charge in [0.1, 0.15) is 11.6 Å². The number of rotatable bonds is 5. The third-order valence-corrected chi connectivity index (χ3v) is 3.21. The molecule has 0 unspecified atom stereocenters. The Kier molecular flexibility index (Phi) is 5.42. The number of hydrogen-bond donors (Lipinski definition) is 3. The third-order valence-electron chi connectivity index (χ3n) is 3.21. The van der Waals surface area contributed by atoms with Crippen molar-refractivity contribution in [3.05, 3.63) is 59.2 Å². The number of ether oxygens (including phenoxy) is 1. The van der Waals surface area contributed by atoms with Crippen LogP contribution >= 0.6 is 0 Å². The van der Waals surface area contributed by atoms with E-state index >= 15 is 0 Å². The van der Waals surface area contributed by atoms with E-state index in [1.165, 1.54) is 0 Å². The zero-order valence-electron chi connectivity index (χ0n) is 12.6. The lowest BCUT2D eigenvalue weighted by Crippen LogP contribution is -2.09. The van der Waals surface area contributed by atoms with Crippen molar-refractivity contribution in [2.24, 2.45) is 0 Å². The molecule has 0 amide bonds. The molecule has 0 aromatic heterocycles. The molecule has 0 aliphatic rings. The number of phenols is 3. The average Bonchev–Trinajstić information content (AvgIpc) is 2.58. The molecule has 0 aliphatic carbocycles. The minimum atomic E-state index is -0.805. The highest BCUT2D eigenvalue weighted by atomic mass is 16.5. The molecular weight excluding hydrogens is 310 g/mol. The normalized spacial score (nSPS) is 10.9. The van der Waals surface area contributed by atoms with Gasteiger partial charge in [0, 0.05) is 6.42 Å². The lowest BCUT2D eigenvalue weighted by molar-refractivity contribution is -0.138. The average molecular weight is 325 g/mol. The summed E-state index contributed by atoms with van der Waals surface area (Å²) in [5.74, 6) is -2.59. The molecule has 0 fully saturated rings. The monoisotopic (exact) mass is 325 g/mol. The summed E-state index contributed by atoms with van der Waals surface area (Å²) in [6.45, 7) is 0.119. The van der Waals surface area contributed by atoms with E-state index in [-0.39, 0.29) is 17.7 Å². The Morgan fingerprint density at radius 2 is 1.75 bits per heavy atom.